The van der Waals surface area contributed by atoms with Crippen molar-refractivity contribution in [3.05, 3.63) is 35.1 Å². The molecule has 86 valence electrons. The highest BCUT2D eigenvalue weighted by Gasteiger charge is 2.40. The van der Waals surface area contributed by atoms with Crippen LogP contribution in [0.15, 0.2) is 18.2 Å². The van der Waals surface area contributed by atoms with E-state index in [9.17, 15) is 4.39 Å². The number of nitrogens with one attached hydrogen (secondary N) is 1. The number of halogens is 1. The molecule has 0 bridgehead atoms. The van der Waals surface area contributed by atoms with Crippen molar-refractivity contribution >= 4 is 0 Å². The Bertz CT molecular complexity index is 397. The fourth-order valence-corrected chi connectivity index (χ4v) is 2.85. The summed E-state index contributed by atoms with van der Waals surface area (Å²) in [5.41, 5.74) is 2.01. The molecule has 3 heteroatoms. The van der Waals surface area contributed by atoms with E-state index < -0.39 is 0 Å². The van der Waals surface area contributed by atoms with Crippen molar-refractivity contribution < 1.29 is 9.13 Å². The molecule has 3 rings (SSSR count). The zero-order valence-corrected chi connectivity index (χ0v) is 9.26. The van der Waals surface area contributed by atoms with E-state index in [1.165, 1.54) is 6.07 Å². The quantitative estimate of drug-likeness (QED) is 0.726. The van der Waals surface area contributed by atoms with Gasteiger partial charge in [-0.05, 0) is 55.6 Å². The predicted molar refractivity (Wildman–Crippen MR) is 59.6 cm³/mol. The molecule has 2 heterocycles. The molecular weight excluding hydrogens is 205 g/mol. The second-order valence-corrected chi connectivity index (χ2v) is 4.69. The molecule has 0 aliphatic carbocycles. The maximum atomic E-state index is 13.3. The summed E-state index contributed by atoms with van der Waals surface area (Å²) in [6.45, 7) is 2.63. The van der Waals surface area contributed by atoms with E-state index >= 15 is 0 Å². The van der Waals surface area contributed by atoms with Crippen molar-refractivity contribution in [3.63, 3.8) is 0 Å². The van der Waals surface area contributed by atoms with Gasteiger partial charge in [-0.15, -0.1) is 0 Å². The largest absolute Gasteiger partial charge is 0.366 e. The van der Waals surface area contributed by atoms with Gasteiger partial charge in [0.25, 0.3) is 0 Å². The number of hydrogen-bond acceptors (Lipinski definition) is 2. The first kappa shape index (κ1) is 10.2. The summed E-state index contributed by atoms with van der Waals surface area (Å²) in [5.74, 6) is -0.152. The maximum Gasteiger partial charge on any atom is 0.123 e. The van der Waals surface area contributed by atoms with Crippen LogP contribution in [0.1, 0.15) is 30.4 Å². The van der Waals surface area contributed by atoms with Crippen LogP contribution in [-0.2, 0) is 16.9 Å². The summed E-state index contributed by atoms with van der Waals surface area (Å²) in [4.78, 5) is 0. The molecule has 1 N–H and O–H groups in total. The van der Waals surface area contributed by atoms with Crippen molar-refractivity contribution in [2.45, 2.75) is 31.5 Å². The molecule has 0 radical (unpaired) electrons. The fourth-order valence-electron chi connectivity index (χ4n) is 2.85. The number of ether oxygens (including phenoxy) is 1. The zero-order valence-electron chi connectivity index (χ0n) is 9.26. The second-order valence-electron chi connectivity index (χ2n) is 4.69. The van der Waals surface area contributed by atoms with Gasteiger partial charge in [-0.25, -0.2) is 4.39 Å². The Morgan fingerprint density at radius 2 is 2.19 bits per heavy atom. The summed E-state index contributed by atoms with van der Waals surface area (Å²) in [6, 6.07) is 5.04. The summed E-state index contributed by atoms with van der Waals surface area (Å²) < 4.78 is 19.3. The fraction of sp³-hybridized carbons (Fsp3) is 0.538. The number of rotatable bonds is 0. The highest BCUT2D eigenvalue weighted by molar-refractivity contribution is 5.36. The maximum absolute atomic E-state index is 13.3. The van der Waals surface area contributed by atoms with Gasteiger partial charge < -0.3 is 10.1 Å². The minimum absolute atomic E-state index is 0.152. The monoisotopic (exact) mass is 221 g/mol. The summed E-state index contributed by atoms with van der Waals surface area (Å²) >= 11 is 0. The Balaban J connectivity index is 2.02. The van der Waals surface area contributed by atoms with Crippen LogP contribution in [0.4, 0.5) is 4.39 Å². The lowest BCUT2D eigenvalue weighted by atomic mass is 9.86. The van der Waals surface area contributed by atoms with Crippen LogP contribution >= 0.6 is 0 Å². The van der Waals surface area contributed by atoms with Gasteiger partial charge in [-0.3, -0.25) is 0 Å². The number of hydrogen-bond donors (Lipinski definition) is 1. The molecule has 1 unspecified atom stereocenters. The molecule has 2 nitrogen and oxygen atoms in total. The van der Waals surface area contributed by atoms with Gasteiger partial charge in [0.2, 0.25) is 0 Å². The Morgan fingerprint density at radius 1 is 1.25 bits per heavy atom. The van der Waals surface area contributed by atoms with E-state index in [0.29, 0.717) is 6.61 Å². The van der Waals surface area contributed by atoms with Gasteiger partial charge in [0, 0.05) is 0 Å². The molecule has 0 aromatic heterocycles. The van der Waals surface area contributed by atoms with Crippen LogP contribution < -0.4 is 5.32 Å². The zero-order chi connectivity index (χ0) is 11.0. The van der Waals surface area contributed by atoms with E-state index in [0.717, 1.165) is 43.5 Å². The topological polar surface area (TPSA) is 21.3 Å². The third-order valence-corrected chi connectivity index (χ3v) is 3.71. The average molecular weight is 221 g/mol. The second kappa shape index (κ2) is 3.82. The van der Waals surface area contributed by atoms with Crippen LogP contribution in [0.25, 0.3) is 0 Å². The molecular formula is C13H16FNO. The predicted octanol–water partition coefficient (Wildman–Crippen LogP) is 2.32. The normalized spacial score (nSPS) is 29.1. The Labute approximate surface area is 94.8 Å². The molecule has 2 aliphatic rings. The smallest absolute Gasteiger partial charge is 0.123 e. The molecule has 1 aromatic carbocycles. The molecule has 1 spiro atoms. The highest BCUT2D eigenvalue weighted by atomic mass is 19.1. The first-order valence-electron chi connectivity index (χ1n) is 5.94. The van der Waals surface area contributed by atoms with E-state index in [-0.39, 0.29) is 11.4 Å². The molecule has 0 amide bonds. The first-order chi connectivity index (χ1) is 7.80. The lowest BCUT2D eigenvalue weighted by Crippen LogP contribution is -2.26. The summed E-state index contributed by atoms with van der Waals surface area (Å²) in [7, 11) is 0. The lowest BCUT2D eigenvalue weighted by molar-refractivity contribution is -0.0470. The van der Waals surface area contributed by atoms with Gasteiger partial charge in [-0.2, -0.15) is 0 Å². The summed E-state index contributed by atoms with van der Waals surface area (Å²) in [5, 5.41) is 3.37. The molecule has 1 aromatic rings. The van der Waals surface area contributed by atoms with Crippen molar-refractivity contribution in [2.24, 2.45) is 0 Å². The Hall–Kier alpha value is -0.930. The minimum atomic E-state index is -0.221. The van der Waals surface area contributed by atoms with Crippen LogP contribution in [-0.4, -0.2) is 13.1 Å². The third-order valence-electron chi connectivity index (χ3n) is 3.71. The molecule has 0 saturated carbocycles. The molecule has 2 aliphatic heterocycles. The Kier molecular flexibility index (Phi) is 2.45. The lowest BCUT2D eigenvalue weighted by Gasteiger charge is -2.27. The van der Waals surface area contributed by atoms with Gasteiger partial charge in [0.05, 0.1) is 12.2 Å². The van der Waals surface area contributed by atoms with Crippen molar-refractivity contribution in [1.29, 1.82) is 0 Å². The van der Waals surface area contributed by atoms with Crippen LogP contribution in [0, 0.1) is 5.82 Å². The van der Waals surface area contributed by atoms with Gasteiger partial charge in [-0.1, -0.05) is 6.07 Å². The standard InChI is InChI=1S/C13H16FNO/c14-11-3-2-10-9-16-13(12(10)8-11)4-1-6-15-7-5-13/h2-3,8,15H,1,4-7,9H2. The average Bonchev–Trinajstić information content (AvgIpc) is 2.49. The first-order valence-corrected chi connectivity index (χ1v) is 5.94. The summed E-state index contributed by atoms with van der Waals surface area (Å²) in [6.07, 6.45) is 3.04. The third kappa shape index (κ3) is 1.55. The number of fused-ring (bicyclic) bond motifs is 2. The van der Waals surface area contributed by atoms with Crippen molar-refractivity contribution in [2.75, 3.05) is 13.1 Å². The minimum Gasteiger partial charge on any atom is -0.366 e. The van der Waals surface area contributed by atoms with Gasteiger partial charge in [0.1, 0.15) is 5.82 Å². The highest BCUT2D eigenvalue weighted by Crippen LogP contribution is 2.43. The van der Waals surface area contributed by atoms with E-state index in [1.807, 2.05) is 6.07 Å². The van der Waals surface area contributed by atoms with Crippen molar-refractivity contribution in [3.8, 4) is 0 Å². The SMILES string of the molecule is Fc1ccc2c(c1)C1(CCCNCC1)OC2. The van der Waals surface area contributed by atoms with E-state index in [2.05, 4.69) is 5.32 Å². The van der Waals surface area contributed by atoms with Crippen LogP contribution in [0.2, 0.25) is 0 Å². The van der Waals surface area contributed by atoms with Crippen molar-refractivity contribution in [1.82, 2.24) is 5.32 Å². The molecule has 16 heavy (non-hydrogen) atoms. The van der Waals surface area contributed by atoms with Gasteiger partial charge in [0.15, 0.2) is 0 Å². The molecule has 1 fully saturated rings. The van der Waals surface area contributed by atoms with Crippen LogP contribution in [0.5, 0.6) is 0 Å². The molecule has 1 atom stereocenters. The van der Waals surface area contributed by atoms with E-state index in [4.69, 9.17) is 4.74 Å². The Morgan fingerprint density at radius 3 is 3.12 bits per heavy atom. The van der Waals surface area contributed by atoms with Gasteiger partial charge >= 0.3 is 0 Å². The number of benzene rings is 1. The van der Waals surface area contributed by atoms with E-state index in [1.54, 1.807) is 6.07 Å². The molecule has 1 saturated heterocycles. The van der Waals surface area contributed by atoms with Crippen LogP contribution in [0.3, 0.4) is 0 Å².